The number of carbonyl (C=O) groups is 3. The molecule has 0 saturated carbocycles. The van der Waals surface area contributed by atoms with E-state index in [1.807, 2.05) is 0 Å². The van der Waals surface area contributed by atoms with Crippen LogP contribution in [0.5, 0.6) is 0 Å². The number of ketones is 1. The fraction of sp³-hybridized carbons (Fsp3) is 0.208. The molecular formula is C24H24N2O9S2. The van der Waals surface area contributed by atoms with E-state index in [0.717, 1.165) is 23.8 Å². The number of benzene rings is 3. The van der Waals surface area contributed by atoms with Crippen LogP contribution in [0.25, 0.3) is 10.8 Å². The van der Waals surface area contributed by atoms with Gasteiger partial charge in [0, 0.05) is 17.2 Å². The molecule has 0 spiro atoms. The molecule has 0 aromatic heterocycles. The summed E-state index contributed by atoms with van der Waals surface area (Å²) in [4.78, 5) is 34.7. The Balaban J connectivity index is 1.81. The van der Waals surface area contributed by atoms with Gasteiger partial charge < -0.3 is 10.6 Å². The molecule has 0 aliphatic rings. The molecule has 3 rings (SSSR count). The monoisotopic (exact) mass is 548 g/mol. The van der Waals surface area contributed by atoms with Gasteiger partial charge in [0.1, 0.15) is 15.6 Å². The summed E-state index contributed by atoms with van der Waals surface area (Å²) in [6.07, 6.45) is 0.247. The van der Waals surface area contributed by atoms with E-state index in [2.05, 4.69) is 10.6 Å². The third-order valence-electron chi connectivity index (χ3n) is 5.30. The van der Waals surface area contributed by atoms with Gasteiger partial charge in [-0.3, -0.25) is 23.5 Å². The lowest BCUT2D eigenvalue weighted by atomic mass is 10.1. The van der Waals surface area contributed by atoms with Crippen molar-refractivity contribution in [3.63, 3.8) is 0 Å². The lowest BCUT2D eigenvalue weighted by molar-refractivity contribution is -0.123. The second-order valence-electron chi connectivity index (χ2n) is 8.44. The molecule has 2 amide bonds. The molecule has 0 atom stereocenters. The Morgan fingerprint density at radius 1 is 0.784 bits per heavy atom. The smallest absolute Gasteiger partial charge is 0.295 e. The van der Waals surface area contributed by atoms with Crippen LogP contribution in [-0.2, 0) is 47.5 Å². The third kappa shape index (κ3) is 7.20. The second-order valence-corrected chi connectivity index (χ2v) is 11.2. The summed E-state index contributed by atoms with van der Waals surface area (Å²) in [5.41, 5.74) is 1.58. The number of anilines is 1. The number of nitrogens with one attached hydrogen (secondary N) is 2. The van der Waals surface area contributed by atoms with Crippen molar-refractivity contribution in [2.75, 3.05) is 11.9 Å². The van der Waals surface area contributed by atoms with E-state index in [-0.39, 0.29) is 40.6 Å². The number of amides is 2. The highest BCUT2D eigenvalue weighted by Gasteiger charge is 2.24. The maximum atomic E-state index is 12.5. The number of hydrogen-bond donors (Lipinski definition) is 4. The van der Waals surface area contributed by atoms with Gasteiger partial charge in [-0.2, -0.15) is 16.8 Å². The van der Waals surface area contributed by atoms with Crippen molar-refractivity contribution in [2.45, 2.75) is 36.5 Å². The van der Waals surface area contributed by atoms with Crippen molar-refractivity contribution in [1.29, 1.82) is 0 Å². The molecule has 0 bridgehead atoms. The summed E-state index contributed by atoms with van der Waals surface area (Å²) in [5, 5.41) is 4.27. The van der Waals surface area contributed by atoms with Gasteiger partial charge in [0.15, 0.2) is 0 Å². The molecule has 196 valence electrons. The maximum Gasteiger partial charge on any atom is 0.295 e. The van der Waals surface area contributed by atoms with Gasteiger partial charge in [-0.05, 0) is 54.8 Å². The zero-order valence-corrected chi connectivity index (χ0v) is 21.4. The largest absolute Gasteiger partial charge is 0.347 e. The molecule has 3 aromatic carbocycles. The Bertz CT molecular complexity index is 1610. The normalized spacial score (nSPS) is 11.8. The Morgan fingerprint density at radius 3 is 1.89 bits per heavy atom. The Hall–Kier alpha value is -3.65. The molecule has 4 N–H and O–H groups in total. The highest BCUT2D eigenvalue weighted by atomic mass is 32.2. The summed E-state index contributed by atoms with van der Waals surface area (Å²) in [5.74, 6) is -1.22. The standard InChI is InChI=1S/C24H24N2O9S2/c1-14-9-18-20(36(30,31)32)8-7-19(24(18)21(10-14)37(33,34)35)26-23(29)13-25-22(28)12-17-5-3-16(4-6-17)11-15(2)27/h3-10H,11-13H2,1-2H3,(H,25,28)(H,26,29)(H,30,31,32)(H,33,34,35). The van der Waals surface area contributed by atoms with Crippen LogP contribution in [-0.4, -0.2) is 50.1 Å². The van der Waals surface area contributed by atoms with Crippen LogP contribution in [0.4, 0.5) is 5.69 Å². The van der Waals surface area contributed by atoms with Crippen LogP contribution in [0.3, 0.4) is 0 Å². The van der Waals surface area contributed by atoms with Gasteiger partial charge in [-0.25, -0.2) is 0 Å². The minimum absolute atomic E-state index is 0.00996. The van der Waals surface area contributed by atoms with Crippen molar-refractivity contribution in [3.8, 4) is 0 Å². The van der Waals surface area contributed by atoms with Gasteiger partial charge >= 0.3 is 0 Å². The SMILES string of the molecule is CC(=O)Cc1ccc(CC(=O)NCC(=O)Nc2ccc(S(=O)(=O)O)c3cc(C)cc(S(=O)(=O)O)c23)cc1. The minimum Gasteiger partial charge on any atom is -0.347 e. The Kier molecular flexibility index (Phi) is 8.12. The first-order valence-corrected chi connectivity index (χ1v) is 13.7. The second kappa shape index (κ2) is 10.8. The zero-order valence-electron chi connectivity index (χ0n) is 19.8. The van der Waals surface area contributed by atoms with Crippen LogP contribution in [0.1, 0.15) is 23.6 Å². The Morgan fingerprint density at radius 2 is 1.35 bits per heavy atom. The number of carbonyl (C=O) groups excluding carboxylic acids is 3. The van der Waals surface area contributed by atoms with Crippen molar-refractivity contribution >= 4 is 54.3 Å². The predicted molar refractivity (Wildman–Crippen MR) is 134 cm³/mol. The number of rotatable bonds is 9. The van der Waals surface area contributed by atoms with E-state index in [9.17, 15) is 40.3 Å². The first kappa shape index (κ1) is 27.9. The molecule has 11 nitrogen and oxygen atoms in total. The number of hydrogen-bond acceptors (Lipinski definition) is 7. The van der Waals surface area contributed by atoms with Crippen LogP contribution in [0, 0.1) is 6.92 Å². The first-order chi connectivity index (χ1) is 17.1. The summed E-state index contributed by atoms with van der Waals surface area (Å²) in [6, 6.07) is 11.3. The molecule has 0 unspecified atom stereocenters. The Labute approximate surface area is 213 Å². The van der Waals surface area contributed by atoms with Gasteiger partial charge in [-0.1, -0.05) is 24.3 Å². The summed E-state index contributed by atoms with van der Waals surface area (Å²) in [6.45, 7) is 2.44. The highest BCUT2D eigenvalue weighted by molar-refractivity contribution is 7.86. The molecule has 3 aromatic rings. The molecule has 0 aliphatic carbocycles. The highest BCUT2D eigenvalue weighted by Crippen LogP contribution is 2.35. The third-order valence-corrected chi connectivity index (χ3v) is 7.09. The number of fused-ring (bicyclic) bond motifs is 1. The fourth-order valence-corrected chi connectivity index (χ4v) is 5.27. The van der Waals surface area contributed by atoms with Gasteiger partial charge in [0.2, 0.25) is 11.8 Å². The lowest BCUT2D eigenvalue weighted by Crippen LogP contribution is -2.33. The lowest BCUT2D eigenvalue weighted by Gasteiger charge is -2.15. The summed E-state index contributed by atoms with van der Waals surface area (Å²) in [7, 11) is -9.64. The molecule has 37 heavy (non-hydrogen) atoms. The van der Waals surface area contributed by atoms with Gasteiger partial charge in [-0.15, -0.1) is 0 Å². The molecule has 0 saturated heterocycles. The first-order valence-electron chi connectivity index (χ1n) is 10.8. The fourth-order valence-electron chi connectivity index (χ4n) is 3.77. The van der Waals surface area contributed by atoms with Crippen molar-refractivity contribution in [3.05, 3.63) is 65.2 Å². The topological polar surface area (TPSA) is 184 Å². The number of aryl methyl sites for hydroxylation is 1. The van der Waals surface area contributed by atoms with E-state index in [1.165, 1.54) is 19.9 Å². The minimum atomic E-state index is -4.86. The molecule has 0 fully saturated rings. The quantitative estimate of drug-likeness (QED) is 0.291. The van der Waals surface area contributed by atoms with E-state index in [1.54, 1.807) is 24.3 Å². The van der Waals surface area contributed by atoms with E-state index in [4.69, 9.17) is 0 Å². The average molecular weight is 549 g/mol. The van der Waals surface area contributed by atoms with E-state index >= 15 is 0 Å². The molecule has 0 radical (unpaired) electrons. The van der Waals surface area contributed by atoms with Gasteiger partial charge in [0.25, 0.3) is 20.2 Å². The summed E-state index contributed by atoms with van der Waals surface area (Å²) >= 11 is 0. The van der Waals surface area contributed by atoms with Crippen molar-refractivity contribution in [2.24, 2.45) is 0 Å². The zero-order chi connectivity index (χ0) is 27.5. The van der Waals surface area contributed by atoms with Gasteiger partial charge in [0.05, 0.1) is 18.7 Å². The molecule has 0 aliphatic heterocycles. The number of Topliss-reactive ketones (excluding diaryl/α,β-unsaturated/α-hetero) is 1. The van der Waals surface area contributed by atoms with Crippen molar-refractivity contribution < 1.29 is 40.3 Å². The van der Waals surface area contributed by atoms with Crippen molar-refractivity contribution in [1.82, 2.24) is 5.32 Å². The van der Waals surface area contributed by atoms with Crippen LogP contribution in [0.2, 0.25) is 0 Å². The molecular weight excluding hydrogens is 524 g/mol. The molecule has 13 heteroatoms. The average Bonchev–Trinajstić information content (AvgIpc) is 2.76. The maximum absolute atomic E-state index is 12.5. The van der Waals surface area contributed by atoms with E-state index in [0.29, 0.717) is 5.56 Å². The van der Waals surface area contributed by atoms with Crippen LogP contribution < -0.4 is 10.6 Å². The van der Waals surface area contributed by atoms with Crippen LogP contribution >= 0.6 is 0 Å². The summed E-state index contributed by atoms with van der Waals surface area (Å²) < 4.78 is 67.0. The van der Waals surface area contributed by atoms with Crippen LogP contribution in [0.15, 0.2) is 58.3 Å². The predicted octanol–water partition coefficient (Wildman–Crippen LogP) is 2.07. The van der Waals surface area contributed by atoms with E-state index < -0.39 is 48.4 Å². The molecule has 0 heterocycles.